The van der Waals surface area contributed by atoms with E-state index in [9.17, 15) is 23.2 Å². The van der Waals surface area contributed by atoms with Crippen LogP contribution in [0.5, 0.6) is 0 Å². The highest BCUT2D eigenvalue weighted by atomic mass is 19.4. The molecule has 1 fully saturated rings. The Balaban J connectivity index is 1.89. The maximum absolute atomic E-state index is 12.6. The molecule has 1 aromatic carbocycles. The van der Waals surface area contributed by atoms with Crippen LogP contribution in [0.15, 0.2) is 24.3 Å². The first-order chi connectivity index (χ1) is 12.2. The van der Waals surface area contributed by atoms with Gasteiger partial charge < -0.3 is 5.32 Å². The Hall–Kier alpha value is -2.07. The van der Waals surface area contributed by atoms with Gasteiger partial charge in [0.15, 0.2) is 0 Å². The molecule has 0 aliphatic heterocycles. The van der Waals surface area contributed by atoms with Gasteiger partial charge in [0.05, 0.1) is 18.2 Å². The van der Waals surface area contributed by atoms with Gasteiger partial charge in [-0.05, 0) is 37.6 Å². The maximum atomic E-state index is 12.6. The summed E-state index contributed by atoms with van der Waals surface area (Å²) in [6, 6.07) is 7.19. The second-order valence-corrected chi connectivity index (χ2v) is 7.02. The van der Waals surface area contributed by atoms with E-state index in [0.29, 0.717) is 24.9 Å². The zero-order valence-corrected chi connectivity index (χ0v) is 14.9. The first-order valence-electron chi connectivity index (χ1n) is 8.81. The lowest BCUT2D eigenvalue weighted by Gasteiger charge is -2.27. The second-order valence-electron chi connectivity index (χ2n) is 7.02. The van der Waals surface area contributed by atoms with Crippen molar-refractivity contribution < 1.29 is 18.0 Å². The summed E-state index contributed by atoms with van der Waals surface area (Å²) in [5, 5.41) is 12.4. The number of carbonyl (C=O) groups excluding carboxylic acids is 1. The van der Waals surface area contributed by atoms with Gasteiger partial charge in [0.25, 0.3) is 0 Å². The van der Waals surface area contributed by atoms with E-state index >= 15 is 0 Å². The quantitative estimate of drug-likeness (QED) is 0.804. The third kappa shape index (κ3) is 5.73. The van der Waals surface area contributed by atoms with Crippen LogP contribution >= 0.6 is 0 Å². The monoisotopic (exact) mass is 367 g/mol. The number of alkyl halides is 3. The summed E-state index contributed by atoms with van der Waals surface area (Å²) in [6.45, 7) is 0.440. The molecule has 0 spiro atoms. The molecule has 1 aliphatic rings. The molecule has 1 saturated carbocycles. The normalized spacial score (nSPS) is 17.4. The Kier molecular flexibility index (Phi) is 6.65. The van der Waals surface area contributed by atoms with Crippen LogP contribution in [-0.4, -0.2) is 29.9 Å². The SMILES string of the molecule is CN(CC(=O)NC1(C#N)CCCCCC1)Cc1ccc(C(F)(F)F)cc1. The Morgan fingerprint density at radius 1 is 1.19 bits per heavy atom. The number of amides is 1. The molecule has 2 rings (SSSR count). The topological polar surface area (TPSA) is 56.1 Å². The molecule has 1 amide bonds. The van der Waals surface area contributed by atoms with Crippen molar-refractivity contribution in [2.75, 3.05) is 13.6 Å². The van der Waals surface area contributed by atoms with Crippen molar-refractivity contribution in [1.82, 2.24) is 10.2 Å². The summed E-state index contributed by atoms with van der Waals surface area (Å²) in [6.07, 6.45) is 0.981. The van der Waals surface area contributed by atoms with Gasteiger partial charge in [-0.3, -0.25) is 9.69 Å². The van der Waals surface area contributed by atoms with E-state index in [2.05, 4.69) is 11.4 Å². The summed E-state index contributed by atoms with van der Waals surface area (Å²) in [4.78, 5) is 14.0. The minimum Gasteiger partial charge on any atom is -0.337 e. The molecule has 1 aliphatic carbocycles. The minimum atomic E-state index is -4.35. The summed E-state index contributed by atoms with van der Waals surface area (Å²) in [7, 11) is 1.73. The molecule has 0 unspecified atom stereocenters. The highest BCUT2D eigenvalue weighted by molar-refractivity contribution is 5.79. The lowest BCUT2D eigenvalue weighted by molar-refractivity contribution is -0.137. The van der Waals surface area contributed by atoms with Crippen LogP contribution in [0.25, 0.3) is 0 Å². The van der Waals surface area contributed by atoms with Gasteiger partial charge in [-0.2, -0.15) is 18.4 Å². The fourth-order valence-corrected chi connectivity index (χ4v) is 3.32. The van der Waals surface area contributed by atoms with Gasteiger partial charge in [0.2, 0.25) is 5.91 Å². The number of carbonyl (C=O) groups is 1. The molecule has 1 N–H and O–H groups in total. The second kappa shape index (κ2) is 8.54. The molecule has 1 aromatic rings. The maximum Gasteiger partial charge on any atom is 0.416 e. The van der Waals surface area contributed by atoms with Crippen molar-refractivity contribution in [2.24, 2.45) is 0 Å². The predicted molar refractivity (Wildman–Crippen MR) is 92.0 cm³/mol. The van der Waals surface area contributed by atoms with Gasteiger partial charge in [-0.25, -0.2) is 0 Å². The van der Waals surface area contributed by atoms with Crippen molar-refractivity contribution >= 4 is 5.91 Å². The number of hydrogen-bond acceptors (Lipinski definition) is 3. The first kappa shape index (κ1) is 20.2. The van der Waals surface area contributed by atoms with E-state index in [-0.39, 0.29) is 12.5 Å². The molecule has 7 heteroatoms. The van der Waals surface area contributed by atoms with E-state index in [0.717, 1.165) is 37.8 Å². The summed E-state index contributed by atoms with van der Waals surface area (Å²) < 4.78 is 37.8. The molecule has 4 nitrogen and oxygen atoms in total. The average Bonchev–Trinajstić information content (AvgIpc) is 2.80. The molecule has 0 aromatic heterocycles. The largest absolute Gasteiger partial charge is 0.416 e. The number of benzene rings is 1. The number of nitriles is 1. The summed E-state index contributed by atoms with van der Waals surface area (Å²) in [5.74, 6) is -0.233. The van der Waals surface area contributed by atoms with Crippen LogP contribution in [0, 0.1) is 11.3 Å². The van der Waals surface area contributed by atoms with Crippen LogP contribution in [-0.2, 0) is 17.5 Å². The third-order valence-electron chi connectivity index (χ3n) is 4.70. The van der Waals surface area contributed by atoms with Crippen LogP contribution < -0.4 is 5.32 Å². The number of nitrogens with one attached hydrogen (secondary N) is 1. The molecule has 26 heavy (non-hydrogen) atoms. The molecular formula is C19H24F3N3O. The van der Waals surface area contributed by atoms with Crippen LogP contribution in [0.3, 0.4) is 0 Å². The highest BCUT2D eigenvalue weighted by Gasteiger charge is 2.33. The zero-order valence-electron chi connectivity index (χ0n) is 14.9. The Morgan fingerprint density at radius 3 is 2.27 bits per heavy atom. The molecule has 0 saturated heterocycles. The molecule has 0 radical (unpaired) electrons. The van der Waals surface area contributed by atoms with E-state index < -0.39 is 17.3 Å². The fourth-order valence-electron chi connectivity index (χ4n) is 3.32. The van der Waals surface area contributed by atoms with Crippen molar-refractivity contribution in [3.63, 3.8) is 0 Å². The van der Waals surface area contributed by atoms with Gasteiger partial charge in [0.1, 0.15) is 5.54 Å². The molecule has 0 bridgehead atoms. The smallest absolute Gasteiger partial charge is 0.337 e. The van der Waals surface area contributed by atoms with Gasteiger partial charge in [-0.15, -0.1) is 0 Å². The van der Waals surface area contributed by atoms with E-state index in [1.165, 1.54) is 12.1 Å². The summed E-state index contributed by atoms with van der Waals surface area (Å²) >= 11 is 0. The number of nitrogens with zero attached hydrogens (tertiary/aromatic N) is 2. The zero-order chi connectivity index (χ0) is 19.2. The molecular weight excluding hydrogens is 343 g/mol. The Morgan fingerprint density at radius 2 is 1.77 bits per heavy atom. The van der Waals surface area contributed by atoms with Crippen molar-refractivity contribution in [3.05, 3.63) is 35.4 Å². The van der Waals surface area contributed by atoms with E-state index in [1.807, 2.05) is 0 Å². The predicted octanol–water partition coefficient (Wildman–Crippen LogP) is 3.87. The third-order valence-corrected chi connectivity index (χ3v) is 4.70. The minimum absolute atomic E-state index is 0.0878. The number of halogens is 3. The number of hydrogen-bond donors (Lipinski definition) is 1. The van der Waals surface area contributed by atoms with Crippen molar-refractivity contribution in [3.8, 4) is 6.07 Å². The average molecular weight is 367 g/mol. The molecule has 142 valence electrons. The van der Waals surface area contributed by atoms with E-state index in [4.69, 9.17) is 0 Å². The van der Waals surface area contributed by atoms with Gasteiger partial charge in [-0.1, -0.05) is 37.8 Å². The number of likely N-dealkylation sites (N-methyl/N-ethyl adjacent to an activating group) is 1. The first-order valence-corrected chi connectivity index (χ1v) is 8.81. The number of rotatable bonds is 5. The molecule has 0 heterocycles. The Bertz CT molecular complexity index is 641. The van der Waals surface area contributed by atoms with Crippen molar-refractivity contribution in [1.29, 1.82) is 5.26 Å². The van der Waals surface area contributed by atoms with Crippen molar-refractivity contribution in [2.45, 2.75) is 56.8 Å². The molecule has 0 atom stereocenters. The van der Waals surface area contributed by atoms with Gasteiger partial charge in [0, 0.05) is 6.54 Å². The van der Waals surface area contributed by atoms with E-state index in [1.54, 1.807) is 11.9 Å². The van der Waals surface area contributed by atoms with Crippen LogP contribution in [0.2, 0.25) is 0 Å². The lowest BCUT2D eigenvalue weighted by atomic mass is 9.92. The summed E-state index contributed by atoms with van der Waals surface area (Å²) in [5.41, 5.74) is -0.785. The lowest BCUT2D eigenvalue weighted by Crippen LogP contribution is -2.49. The standard InChI is InChI=1S/C19H24F3N3O/c1-25(12-15-6-8-16(9-7-15)19(20,21)22)13-17(26)24-18(14-23)10-4-2-3-5-11-18/h6-9H,2-5,10-13H2,1H3,(H,24,26). The van der Waals surface area contributed by atoms with Crippen LogP contribution in [0.4, 0.5) is 13.2 Å². The van der Waals surface area contributed by atoms with Gasteiger partial charge >= 0.3 is 6.18 Å². The highest BCUT2D eigenvalue weighted by Crippen LogP contribution is 2.29. The Labute approximate surface area is 152 Å². The van der Waals surface area contributed by atoms with Crippen LogP contribution in [0.1, 0.15) is 49.7 Å². The fraction of sp³-hybridized carbons (Fsp3) is 0.579.